The van der Waals surface area contributed by atoms with Crippen LogP contribution in [0.4, 0.5) is 0 Å². The van der Waals surface area contributed by atoms with Gasteiger partial charge in [0, 0.05) is 13.7 Å². The molecule has 0 amide bonds. The molecule has 0 spiro atoms. The Labute approximate surface area is 112 Å². The van der Waals surface area contributed by atoms with Gasteiger partial charge in [-0.3, -0.25) is 4.90 Å². The van der Waals surface area contributed by atoms with Crippen LogP contribution in [0.3, 0.4) is 0 Å². The molecule has 0 aromatic rings. The molecule has 0 radical (unpaired) electrons. The fourth-order valence-electron chi connectivity index (χ4n) is 3.77. The van der Waals surface area contributed by atoms with Gasteiger partial charge in [-0.25, -0.2) is 0 Å². The molecule has 3 nitrogen and oxygen atoms in total. The number of nitrogens with two attached hydrogens (primary N) is 1. The predicted octanol–water partition coefficient (Wildman–Crippen LogP) is 2.25. The molecule has 2 fully saturated rings. The standard InChI is InChI=1S/C15H30N2O/c1-3-4-13-7-9-17(10-8-13)15(11-16,12-18-2)14-5-6-14/h13-14H,3-12,16H2,1-2H3. The Balaban J connectivity index is 1.95. The van der Waals surface area contributed by atoms with Crippen LogP contribution in [0.1, 0.15) is 45.4 Å². The molecule has 1 saturated carbocycles. The van der Waals surface area contributed by atoms with Crippen LogP contribution in [0.25, 0.3) is 0 Å². The van der Waals surface area contributed by atoms with E-state index < -0.39 is 0 Å². The lowest BCUT2D eigenvalue weighted by Crippen LogP contribution is -2.60. The molecule has 0 aromatic carbocycles. The summed E-state index contributed by atoms with van der Waals surface area (Å²) in [6, 6.07) is 0. The largest absolute Gasteiger partial charge is 0.383 e. The van der Waals surface area contributed by atoms with E-state index in [4.69, 9.17) is 10.5 Å². The molecule has 1 aliphatic heterocycles. The lowest BCUT2D eigenvalue weighted by molar-refractivity contribution is -0.0198. The van der Waals surface area contributed by atoms with Crippen molar-refractivity contribution in [3.8, 4) is 0 Å². The van der Waals surface area contributed by atoms with E-state index in [1.54, 1.807) is 0 Å². The first-order valence-electron chi connectivity index (χ1n) is 7.71. The van der Waals surface area contributed by atoms with E-state index in [0.717, 1.165) is 25.0 Å². The maximum Gasteiger partial charge on any atom is 0.0661 e. The second-order valence-electron chi connectivity index (χ2n) is 6.23. The Bertz CT molecular complexity index is 247. The van der Waals surface area contributed by atoms with Crippen LogP contribution in [-0.4, -0.2) is 43.8 Å². The Hall–Kier alpha value is -0.120. The molecule has 1 atom stereocenters. The summed E-state index contributed by atoms with van der Waals surface area (Å²) in [4.78, 5) is 2.65. The molecule has 0 bridgehead atoms. The third kappa shape index (κ3) is 2.89. The van der Waals surface area contributed by atoms with Crippen LogP contribution >= 0.6 is 0 Å². The second kappa shape index (κ2) is 6.36. The highest BCUT2D eigenvalue weighted by Crippen LogP contribution is 2.44. The molecule has 18 heavy (non-hydrogen) atoms. The van der Waals surface area contributed by atoms with Crippen molar-refractivity contribution in [3.05, 3.63) is 0 Å². The Kier molecular flexibility index (Phi) is 5.05. The average molecular weight is 254 g/mol. The van der Waals surface area contributed by atoms with E-state index in [0.29, 0.717) is 0 Å². The van der Waals surface area contributed by atoms with Crippen molar-refractivity contribution >= 4 is 0 Å². The Morgan fingerprint density at radius 1 is 1.22 bits per heavy atom. The summed E-state index contributed by atoms with van der Waals surface area (Å²) >= 11 is 0. The maximum atomic E-state index is 6.14. The van der Waals surface area contributed by atoms with Crippen molar-refractivity contribution in [2.24, 2.45) is 17.6 Å². The van der Waals surface area contributed by atoms with Crippen LogP contribution in [0.15, 0.2) is 0 Å². The molecule has 2 aliphatic rings. The summed E-state index contributed by atoms with van der Waals surface area (Å²) in [7, 11) is 1.82. The molecule has 2 N–H and O–H groups in total. The van der Waals surface area contributed by atoms with E-state index >= 15 is 0 Å². The number of likely N-dealkylation sites (tertiary alicyclic amines) is 1. The Morgan fingerprint density at radius 3 is 2.33 bits per heavy atom. The van der Waals surface area contributed by atoms with E-state index in [-0.39, 0.29) is 5.54 Å². The zero-order valence-corrected chi connectivity index (χ0v) is 12.2. The number of piperidine rings is 1. The second-order valence-corrected chi connectivity index (χ2v) is 6.23. The van der Waals surface area contributed by atoms with Gasteiger partial charge in [0.15, 0.2) is 0 Å². The summed E-state index contributed by atoms with van der Waals surface area (Å²) in [5.74, 6) is 1.73. The van der Waals surface area contributed by atoms with Gasteiger partial charge in [0.2, 0.25) is 0 Å². The van der Waals surface area contributed by atoms with Crippen molar-refractivity contribution in [2.75, 3.05) is 33.4 Å². The maximum absolute atomic E-state index is 6.14. The number of methoxy groups -OCH3 is 1. The highest BCUT2D eigenvalue weighted by molar-refractivity contribution is 5.04. The minimum absolute atomic E-state index is 0.145. The van der Waals surface area contributed by atoms with Crippen LogP contribution in [0.5, 0.6) is 0 Å². The van der Waals surface area contributed by atoms with Crippen molar-refractivity contribution in [1.82, 2.24) is 4.90 Å². The minimum atomic E-state index is 0.145. The van der Waals surface area contributed by atoms with Crippen LogP contribution in [0.2, 0.25) is 0 Å². The third-order valence-corrected chi connectivity index (χ3v) is 5.03. The number of nitrogens with zero attached hydrogens (tertiary/aromatic N) is 1. The zero-order chi connectivity index (χ0) is 13.0. The molecule has 3 heteroatoms. The molecular formula is C15H30N2O. The first-order chi connectivity index (χ1) is 8.76. The first kappa shape index (κ1) is 14.3. The topological polar surface area (TPSA) is 38.5 Å². The summed E-state index contributed by atoms with van der Waals surface area (Å²) in [6.07, 6.45) is 8.12. The molecule has 106 valence electrons. The fourth-order valence-corrected chi connectivity index (χ4v) is 3.77. The van der Waals surface area contributed by atoms with Gasteiger partial charge in [-0.2, -0.15) is 0 Å². The smallest absolute Gasteiger partial charge is 0.0661 e. The SMILES string of the molecule is CCCC1CCN(C(CN)(COC)C2CC2)CC1. The predicted molar refractivity (Wildman–Crippen MR) is 75.6 cm³/mol. The van der Waals surface area contributed by atoms with E-state index in [1.165, 1.54) is 51.6 Å². The summed E-state index contributed by atoms with van der Waals surface area (Å²) in [5, 5.41) is 0. The molecule has 1 saturated heterocycles. The number of ether oxygens (including phenoxy) is 1. The van der Waals surface area contributed by atoms with Crippen LogP contribution in [-0.2, 0) is 4.74 Å². The van der Waals surface area contributed by atoms with Gasteiger partial charge in [-0.15, -0.1) is 0 Å². The molecule has 0 aromatic heterocycles. The fraction of sp³-hybridized carbons (Fsp3) is 1.00. The lowest BCUT2D eigenvalue weighted by atomic mass is 9.85. The molecule has 2 rings (SSSR count). The number of hydrogen-bond donors (Lipinski definition) is 1. The van der Waals surface area contributed by atoms with Crippen molar-refractivity contribution < 1.29 is 4.74 Å². The summed E-state index contributed by atoms with van der Waals surface area (Å²) in [5.41, 5.74) is 6.28. The van der Waals surface area contributed by atoms with Gasteiger partial charge < -0.3 is 10.5 Å². The average Bonchev–Trinajstić information content (AvgIpc) is 3.22. The third-order valence-electron chi connectivity index (χ3n) is 5.03. The van der Waals surface area contributed by atoms with Crippen molar-refractivity contribution in [2.45, 2.75) is 51.0 Å². The van der Waals surface area contributed by atoms with Gasteiger partial charge in [-0.1, -0.05) is 19.8 Å². The lowest BCUT2D eigenvalue weighted by Gasteiger charge is -2.47. The van der Waals surface area contributed by atoms with Gasteiger partial charge in [0.25, 0.3) is 0 Å². The molecular weight excluding hydrogens is 224 g/mol. The van der Waals surface area contributed by atoms with Crippen molar-refractivity contribution in [1.29, 1.82) is 0 Å². The summed E-state index contributed by atoms with van der Waals surface area (Å²) in [6.45, 7) is 6.31. The number of hydrogen-bond acceptors (Lipinski definition) is 3. The van der Waals surface area contributed by atoms with Crippen LogP contribution < -0.4 is 5.73 Å². The first-order valence-corrected chi connectivity index (χ1v) is 7.71. The molecule has 1 unspecified atom stereocenters. The zero-order valence-electron chi connectivity index (χ0n) is 12.2. The molecule has 1 heterocycles. The van der Waals surface area contributed by atoms with Crippen LogP contribution in [0, 0.1) is 11.8 Å². The van der Waals surface area contributed by atoms with Gasteiger partial charge in [-0.05, 0) is 50.6 Å². The highest BCUT2D eigenvalue weighted by atomic mass is 16.5. The number of rotatable bonds is 7. The van der Waals surface area contributed by atoms with E-state index in [2.05, 4.69) is 11.8 Å². The van der Waals surface area contributed by atoms with E-state index in [9.17, 15) is 0 Å². The summed E-state index contributed by atoms with van der Waals surface area (Å²) < 4.78 is 5.51. The quantitative estimate of drug-likeness (QED) is 0.757. The normalized spacial score (nSPS) is 26.2. The highest BCUT2D eigenvalue weighted by Gasteiger charge is 2.48. The minimum Gasteiger partial charge on any atom is -0.383 e. The van der Waals surface area contributed by atoms with Crippen molar-refractivity contribution in [3.63, 3.8) is 0 Å². The van der Waals surface area contributed by atoms with Gasteiger partial charge in [0.05, 0.1) is 12.1 Å². The Morgan fingerprint density at radius 2 is 1.89 bits per heavy atom. The van der Waals surface area contributed by atoms with Gasteiger partial charge in [0.1, 0.15) is 0 Å². The van der Waals surface area contributed by atoms with E-state index in [1.807, 2.05) is 7.11 Å². The monoisotopic (exact) mass is 254 g/mol. The van der Waals surface area contributed by atoms with Gasteiger partial charge >= 0.3 is 0 Å². The molecule has 1 aliphatic carbocycles.